The van der Waals surface area contributed by atoms with Crippen molar-refractivity contribution in [1.82, 2.24) is 5.32 Å². The summed E-state index contributed by atoms with van der Waals surface area (Å²) in [5.74, 6) is -0.758. The highest BCUT2D eigenvalue weighted by atomic mass is 19.1. The number of hydrogen-bond acceptors (Lipinski definition) is 2. The van der Waals surface area contributed by atoms with Gasteiger partial charge in [0.05, 0.1) is 0 Å². The van der Waals surface area contributed by atoms with Crippen LogP contribution in [0.1, 0.15) is 26.3 Å². The van der Waals surface area contributed by atoms with Crippen molar-refractivity contribution in [2.75, 3.05) is 5.32 Å². The maximum absolute atomic E-state index is 12.9. The molecule has 0 aliphatic carbocycles. The fourth-order valence-corrected chi connectivity index (χ4v) is 2.98. The lowest BCUT2D eigenvalue weighted by Crippen LogP contribution is -2.22. The van der Waals surface area contributed by atoms with E-state index in [1.807, 2.05) is 24.3 Å². The molecule has 0 saturated carbocycles. The molecule has 118 valence electrons. The number of carbonyl (C=O) groups is 2. The number of nitrogens with one attached hydrogen (secondary N) is 2. The van der Waals surface area contributed by atoms with Gasteiger partial charge in [-0.3, -0.25) is 9.59 Å². The molecule has 24 heavy (non-hydrogen) atoms. The van der Waals surface area contributed by atoms with Crippen molar-refractivity contribution in [2.45, 2.75) is 6.54 Å². The highest BCUT2D eigenvalue weighted by Crippen LogP contribution is 2.34. The number of benzene rings is 3. The Kier molecular flexibility index (Phi) is 3.27. The number of amides is 2. The summed E-state index contributed by atoms with van der Waals surface area (Å²) in [4.78, 5) is 24.1. The Morgan fingerprint density at radius 1 is 1.04 bits per heavy atom. The van der Waals surface area contributed by atoms with Gasteiger partial charge in [0.2, 0.25) is 0 Å². The minimum absolute atomic E-state index is 0.108. The van der Waals surface area contributed by atoms with E-state index in [0.29, 0.717) is 17.7 Å². The highest BCUT2D eigenvalue weighted by Gasteiger charge is 2.22. The molecule has 2 amide bonds. The van der Waals surface area contributed by atoms with E-state index in [4.69, 9.17) is 0 Å². The Morgan fingerprint density at radius 2 is 1.83 bits per heavy atom. The lowest BCUT2D eigenvalue weighted by Gasteiger charge is -2.09. The third-order valence-corrected chi connectivity index (χ3v) is 4.17. The molecular formula is C19H13FN2O2. The second-order valence-electron chi connectivity index (χ2n) is 5.64. The number of hydrogen-bond donors (Lipinski definition) is 2. The van der Waals surface area contributed by atoms with Gasteiger partial charge < -0.3 is 10.6 Å². The van der Waals surface area contributed by atoms with E-state index in [0.717, 1.165) is 22.0 Å². The summed E-state index contributed by atoms with van der Waals surface area (Å²) in [6.45, 7) is 0.324. The Bertz CT molecular complexity index is 981. The molecule has 5 heteroatoms. The zero-order valence-corrected chi connectivity index (χ0v) is 12.6. The molecule has 0 atom stereocenters. The second-order valence-corrected chi connectivity index (χ2v) is 5.64. The van der Waals surface area contributed by atoms with Crippen LogP contribution in [-0.2, 0) is 6.54 Å². The third kappa shape index (κ3) is 2.31. The first kappa shape index (κ1) is 14.4. The molecule has 0 bridgehead atoms. The zero-order chi connectivity index (χ0) is 16.7. The summed E-state index contributed by atoms with van der Waals surface area (Å²) in [5.41, 5.74) is 2.76. The zero-order valence-electron chi connectivity index (χ0n) is 12.6. The highest BCUT2D eigenvalue weighted by molar-refractivity contribution is 6.24. The van der Waals surface area contributed by atoms with E-state index < -0.39 is 0 Å². The summed E-state index contributed by atoms with van der Waals surface area (Å²) in [5, 5.41) is 7.48. The van der Waals surface area contributed by atoms with E-state index in [-0.39, 0.29) is 17.6 Å². The van der Waals surface area contributed by atoms with Gasteiger partial charge >= 0.3 is 0 Å². The molecule has 0 unspecified atom stereocenters. The van der Waals surface area contributed by atoms with Gasteiger partial charge in [-0.15, -0.1) is 0 Å². The van der Waals surface area contributed by atoms with Crippen LogP contribution in [-0.4, -0.2) is 11.8 Å². The number of anilines is 1. The smallest absolute Gasteiger partial charge is 0.256 e. The maximum atomic E-state index is 12.9. The van der Waals surface area contributed by atoms with Crippen LogP contribution in [0.3, 0.4) is 0 Å². The average Bonchev–Trinajstić information content (AvgIpc) is 2.92. The topological polar surface area (TPSA) is 58.2 Å². The van der Waals surface area contributed by atoms with Gasteiger partial charge in [-0.1, -0.05) is 18.2 Å². The Morgan fingerprint density at radius 3 is 2.62 bits per heavy atom. The molecule has 0 spiro atoms. The maximum Gasteiger partial charge on any atom is 0.256 e. The number of carbonyl (C=O) groups excluding carboxylic acids is 2. The minimum atomic E-state index is -0.378. The van der Waals surface area contributed by atoms with Gasteiger partial charge in [0.1, 0.15) is 5.82 Å². The van der Waals surface area contributed by atoms with Crippen LogP contribution in [0.2, 0.25) is 0 Å². The molecule has 0 saturated heterocycles. The molecule has 1 heterocycles. The van der Waals surface area contributed by atoms with Gasteiger partial charge in [-0.25, -0.2) is 4.39 Å². The fourth-order valence-electron chi connectivity index (χ4n) is 2.98. The van der Waals surface area contributed by atoms with Crippen LogP contribution in [0.4, 0.5) is 10.1 Å². The van der Waals surface area contributed by atoms with Gasteiger partial charge in [0.25, 0.3) is 11.8 Å². The van der Waals surface area contributed by atoms with Crippen molar-refractivity contribution < 1.29 is 14.0 Å². The Labute approximate surface area is 137 Å². The molecule has 4 nitrogen and oxygen atoms in total. The van der Waals surface area contributed by atoms with Crippen molar-refractivity contribution in [3.05, 3.63) is 77.1 Å². The summed E-state index contributed by atoms with van der Waals surface area (Å²) in [6.07, 6.45) is 0. The summed E-state index contributed by atoms with van der Waals surface area (Å²) < 4.78 is 12.9. The van der Waals surface area contributed by atoms with Gasteiger partial charge in [0, 0.05) is 28.7 Å². The predicted molar refractivity (Wildman–Crippen MR) is 89.5 cm³/mol. The molecule has 0 aromatic heterocycles. The van der Waals surface area contributed by atoms with Crippen molar-refractivity contribution >= 4 is 28.3 Å². The van der Waals surface area contributed by atoms with Crippen molar-refractivity contribution in [2.24, 2.45) is 0 Å². The molecule has 2 N–H and O–H groups in total. The van der Waals surface area contributed by atoms with Crippen LogP contribution < -0.4 is 10.6 Å². The van der Waals surface area contributed by atoms with Crippen molar-refractivity contribution in [3.63, 3.8) is 0 Å². The minimum Gasteiger partial charge on any atom is -0.348 e. The number of rotatable bonds is 3. The SMILES string of the molecule is O=C(NCc1ccc2c3c(cccc13)C(=O)N2)c1ccc(F)cc1. The lowest BCUT2D eigenvalue weighted by atomic mass is 10.0. The molecule has 3 aromatic carbocycles. The van der Waals surface area contributed by atoms with Crippen molar-refractivity contribution in [3.8, 4) is 0 Å². The van der Waals surface area contributed by atoms with E-state index in [2.05, 4.69) is 10.6 Å². The van der Waals surface area contributed by atoms with E-state index in [1.54, 1.807) is 6.07 Å². The Balaban J connectivity index is 1.62. The molecule has 4 rings (SSSR count). The lowest BCUT2D eigenvalue weighted by molar-refractivity contribution is 0.0950. The largest absolute Gasteiger partial charge is 0.348 e. The molecule has 1 aliphatic heterocycles. The normalized spacial score (nSPS) is 12.3. The van der Waals surface area contributed by atoms with E-state index in [1.165, 1.54) is 24.3 Å². The van der Waals surface area contributed by atoms with Crippen molar-refractivity contribution in [1.29, 1.82) is 0 Å². The van der Waals surface area contributed by atoms with Gasteiger partial charge in [-0.2, -0.15) is 0 Å². The summed E-state index contributed by atoms with van der Waals surface area (Å²) in [6, 6.07) is 14.7. The van der Waals surface area contributed by atoms with Crippen LogP contribution in [0.25, 0.3) is 10.8 Å². The summed E-state index contributed by atoms with van der Waals surface area (Å²) >= 11 is 0. The van der Waals surface area contributed by atoms with Gasteiger partial charge in [0.15, 0.2) is 0 Å². The molecule has 1 aliphatic rings. The van der Waals surface area contributed by atoms with Gasteiger partial charge in [-0.05, 0) is 47.3 Å². The quantitative estimate of drug-likeness (QED) is 0.776. The fraction of sp³-hybridized carbons (Fsp3) is 0.0526. The molecule has 0 radical (unpaired) electrons. The van der Waals surface area contributed by atoms with Crippen LogP contribution in [0.15, 0.2) is 54.6 Å². The Hall–Kier alpha value is -3.21. The van der Waals surface area contributed by atoms with Crippen LogP contribution >= 0.6 is 0 Å². The summed E-state index contributed by atoms with van der Waals surface area (Å²) in [7, 11) is 0. The van der Waals surface area contributed by atoms with Crippen LogP contribution in [0, 0.1) is 5.82 Å². The molecule has 3 aromatic rings. The van der Waals surface area contributed by atoms with Crippen LogP contribution in [0.5, 0.6) is 0 Å². The predicted octanol–water partition coefficient (Wildman–Crippen LogP) is 3.47. The number of halogens is 1. The monoisotopic (exact) mass is 320 g/mol. The standard InChI is InChI=1S/C19H13FN2O2/c20-13-7-4-11(5-8-13)18(23)21-10-12-6-9-16-17-14(12)2-1-3-15(17)19(24)22-16/h1-9H,10H2,(H,21,23)(H,22,24). The first-order valence-corrected chi connectivity index (χ1v) is 7.53. The first-order valence-electron chi connectivity index (χ1n) is 7.53. The van der Waals surface area contributed by atoms with E-state index >= 15 is 0 Å². The van der Waals surface area contributed by atoms with E-state index in [9.17, 15) is 14.0 Å². The first-order chi connectivity index (χ1) is 11.6. The molecular weight excluding hydrogens is 307 g/mol. The average molecular weight is 320 g/mol. The molecule has 0 fully saturated rings. The second kappa shape index (κ2) is 5.45. The third-order valence-electron chi connectivity index (χ3n) is 4.17.